The van der Waals surface area contributed by atoms with E-state index in [9.17, 15) is 9.18 Å². The Balaban J connectivity index is 1.14. The molecule has 37 heavy (non-hydrogen) atoms. The van der Waals surface area contributed by atoms with E-state index >= 15 is 0 Å². The van der Waals surface area contributed by atoms with Crippen LogP contribution in [0.1, 0.15) is 43.2 Å². The summed E-state index contributed by atoms with van der Waals surface area (Å²) in [6, 6.07) is 10.9. The summed E-state index contributed by atoms with van der Waals surface area (Å²) in [5.74, 6) is 0.0854. The number of nitrogens with one attached hydrogen (secondary N) is 2. The molecular weight excluding hydrogens is 495 g/mol. The standard InChI is InChI=1S/C28H28ClFN4O3/c1-36-24-6-5-23-25(34-24)18(21(30)15-31-23)7-8-28-11-9-27(10-12-28,16-37-28)32-14-17-13-19-20(29)3-2-4-22(19)33-26(17)35/h2-6,13,15,32H,7-12,14,16H2,1H3,(H,33,35). The molecule has 7 nitrogen and oxygen atoms in total. The van der Waals surface area contributed by atoms with E-state index in [-0.39, 0.29) is 22.5 Å². The Morgan fingerprint density at radius 3 is 2.81 bits per heavy atom. The molecule has 5 heterocycles. The van der Waals surface area contributed by atoms with Gasteiger partial charge in [0.1, 0.15) is 5.82 Å². The SMILES string of the molecule is COc1ccc2ncc(F)c(CCC34CCC(NCc5cc6c(Cl)cccc6[nH]c5=O)(CC3)CO4)c2n1. The largest absolute Gasteiger partial charge is 0.481 e. The van der Waals surface area contributed by atoms with Gasteiger partial charge in [0.2, 0.25) is 5.88 Å². The van der Waals surface area contributed by atoms with Crippen molar-refractivity contribution in [1.29, 1.82) is 0 Å². The number of benzene rings is 1. The third-order valence-corrected chi connectivity index (χ3v) is 8.45. The highest BCUT2D eigenvalue weighted by molar-refractivity contribution is 6.35. The van der Waals surface area contributed by atoms with Crippen molar-refractivity contribution in [2.24, 2.45) is 0 Å². The minimum atomic E-state index is -0.354. The van der Waals surface area contributed by atoms with Crippen LogP contribution in [-0.4, -0.2) is 39.8 Å². The molecule has 3 aliphatic rings. The number of fused-ring (bicyclic) bond motifs is 5. The zero-order valence-corrected chi connectivity index (χ0v) is 21.3. The maximum Gasteiger partial charge on any atom is 0.252 e. The summed E-state index contributed by atoms with van der Waals surface area (Å²) in [5.41, 5.74) is 2.56. The predicted octanol–water partition coefficient (Wildman–Crippen LogP) is 5.08. The molecule has 1 aliphatic carbocycles. The van der Waals surface area contributed by atoms with Crippen LogP contribution in [0.15, 0.2) is 47.4 Å². The molecule has 2 bridgehead atoms. The summed E-state index contributed by atoms with van der Waals surface area (Å²) in [4.78, 5) is 24.2. The molecular formula is C28H28ClFN4O3. The molecule has 192 valence electrons. The van der Waals surface area contributed by atoms with Gasteiger partial charge in [-0.15, -0.1) is 0 Å². The fraction of sp³-hybridized carbons (Fsp3) is 0.393. The first kappa shape index (κ1) is 24.3. The van der Waals surface area contributed by atoms with Gasteiger partial charge in [0.15, 0.2) is 0 Å². The first-order valence-corrected chi connectivity index (χ1v) is 12.9. The van der Waals surface area contributed by atoms with Crippen LogP contribution in [0.2, 0.25) is 5.02 Å². The van der Waals surface area contributed by atoms with Gasteiger partial charge in [0.25, 0.3) is 5.56 Å². The Morgan fingerprint density at radius 1 is 1.22 bits per heavy atom. The smallest absolute Gasteiger partial charge is 0.252 e. The minimum absolute atomic E-state index is 0.114. The minimum Gasteiger partial charge on any atom is -0.481 e. The zero-order valence-electron chi connectivity index (χ0n) is 20.6. The summed E-state index contributed by atoms with van der Waals surface area (Å²) in [5, 5.41) is 5.07. The van der Waals surface area contributed by atoms with Crippen LogP contribution in [0.25, 0.3) is 21.9 Å². The van der Waals surface area contributed by atoms with Crippen LogP contribution in [0.5, 0.6) is 5.88 Å². The first-order valence-electron chi connectivity index (χ1n) is 12.6. The van der Waals surface area contributed by atoms with Gasteiger partial charge in [-0.1, -0.05) is 17.7 Å². The van der Waals surface area contributed by atoms with Gasteiger partial charge in [0.05, 0.1) is 36.5 Å². The number of aromatic nitrogens is 3. The van der Waals surface area contributed by atoms with E-state index in [4.69, 9.17) is 21.1 Å². The number of H-pyrrole nitrogens is 1. The van der Waals surface area contributed by atoms with Crippen LogP contribution in [0.3, 0.4) is 0 Å². The second kappa shape index (κ2) is 9.35. The molecule has 1 aromatic carbocycles. The zero-order chi connectivity index (χ0) is 25.6. The van der Waals surface area contributed by atoms with Crippen molar-refractivity contribution in [2.75, 3.05) is 13.7 Å². The number of halogens is 2. The number of hydrogen-bond acceptors (Lipinski definition) is 6. The normalized spacial score (nSPS) is 23.1. The topological polar surface area (TPSA) is 89.1 Å². The average Bonchev–Trinajstić information content (AvgIpc) is 2.92. The highest BCUT2D eigenvalue weighted by Crippen LogP contribution is 2.46. The van der Waals surface area contributed by atoms with E-state index < -0.39 is 0 Å². The summed E-state index contributed by atoms with van der Waals surface area (Å²) in [6.45, 7) is 0.999. The maximum absolute atomic E-state index is 14.8. The number of aromatic amines is 1. The number of ether oxygens (including phenoxy) is 2. The Labute approximate surface area is 218 Å². The summed E-state index contributed by atoms with van der Waals surface area (Å²) >= 11 is 6.34. The lowest BCUT2D eigenvalue weighted by atomic mass is 9.69. The molecule has 0 unspecified atom stereocenters. The molecule has 9 heteroatoms. The number of methoxy groups -OCH3 is 1. The van der Waals surface area contributed by atoms with E-state index in [1.807, 2.05) is 24.3 Å². The van der Waals surface area contributed by atoms with Crippen molar-refractivity contribution >= 4 is 33.5 Å². The predicted molar refractivity (Wildman–Crippen MR) is 141 cm³/mol. The molecule has 7 rings (SSSR count). The van der Waals surface area contributed by atoms with E-state index in [0.29, 0.717) is 59.1 Å². The molecule has 0 radical (unpaired) electrons. The van der Waals surface area contributed by atoms with Crippen molar-refractivity contribution in [3.63, 3.8) is 0 Å². The number of pyridine rings is 3. The summed E-state index contributed by atoms with van der Waals surface area (Å²) in [6.07, 6.45) is 6.11. The summed E-state index contributed by atoms with van der Waals surface area (Å²) in [7, 11) is 1.54. The van der Waals surface area contributed by atoms with Gasteiger partial charge in [0, 0.05) is 45.2 Å². The molecule has 2 saturated heterocycles. The Morgan fingerprint density at radius 2 is 2.05 bits per heavy atom. The molecule has 2 aliphatic heterocycles. The van der Waals surface area contributed by atoms with Gasteiger partial charge >= 0.3 is 0 Å². The van der Waals surface area contributed by atoms with Crippen LogP contribution in [-0.2, 0) is 17.7 Å². The average molecular weight is 523 g/mol. The fourth-order valence-electron chi connectivity index (χ4n) is 5.74. The highest BCUT2D eigenvalue weighted by Gasteiger charge is 2.49. The lowest BCUT2D eigenvalue weighted by Crippen LogP contribution is -2.61. The van der Waals surface area contributed by atoms with Crippen LogP contribution in [0.4, 0.5) is 4.39 Å². The van der Waals surface area contributed by atoms with Gasteiger partial charge in [-0.2, -0.15) is 0 Å². The molecule has 0 amide bonds. The van der Waals surface area contributed by atoms with Gasteiger partial charge in [-0.05, 0) is 62.8 Å². The van der Waals surface area contributed by atoms with Crippen molar-refractivity contribution in [3.8, 4) is 5.88 Å². The van der Waals surface area contributed by atoms with Crippen LogP contribution >= 0.6 is 11.6 Å². The van der Waals surface area contributed by atoms with E-state index in [0.717, 1.165) is 36.6 Å². The van der Waals surface area contributed by atoms with Gasteiger partial charge in [-0.3, -0.25) is 9.78 Å². The maximum atomic E-state index is 14.8. The summed E-state index contributed by atoms with van der Waals surface area (Å²) < 4.78 is 26.5. The Hall–Kier alpha value is -3.07. The van der Waals surface area contributed by atoms with E-state index in [2.05, 4.69) is 20.3 Å². The molecule has 1 saturated carbocycles. The molecule has 4 aromatic rings. The van der Waals surface area contributed by atoms with Crippen molar-refractivity contribution in [2.45, 2.75) is 56.2 Å². The quantitative estimate of drug-likeness (QED) is 0.352. The second-order valence-electron chi connectivity index (χ2n) is 10.2. The van der Waals surface area contributed by atoms with Crippen LogP contribution in [0, 0.1) is 5.82 Å². The lowest BCUT2D eigenvalue weighted by Gasteiger charge is -2.53. The lowest BCUT2D eigenvalue weighted by molar-refractivity contribution is -0.165. The molecule has 2 N–H and O–H groups in total. The molecule has 3 fully saturated rings. The van der Waals surface area contributed by atoms with Crippen molar-refractivity contribution in [3.05, 3.63) is 74.9 Å². The van der Waals surface area contributed by atoms with E-state index in [1.54, 1.807) is 19.2 Å². The third-order valence-electron chi connectivity index (χ3n) is 8.12. The second-order valence-corrected chi connectivity index (χ2v) is 10.6. The molecule has 0 atom stereocenters. The van der Waals surface area contributed by atoms with Gasteiger partial charge in [-0.25, -0.2) is 9.37 Å². The number of aryl methyl sites for hydroxylation is 1. The Kier molecular flexibility index (Phi) is 6.13. The van der Waals surface area contributed by atoms with Crippen molar-refractivity contribution in [1.82, 2.24) is 20.3 Å². The van der Waals surface area contributed by atoms with Gasteiger partial charge < -0.3 is 19.8 Å². The highest BCUT2D eigenvalue weighted by atomic mass is 35.5. The number of nitrogens with zero attached hydrogens (tertiary/aromatic N) is 2. The molecule has 0 spiro atoms. The van der Waals surface area contributed by atoms with Crippen LogP contribution < -0.4 is 15.6 Å². The fourth-order valence-corrected chi connectivity index (χ4v) is 5.97. The third kappa shape index (κ3) is 4.47. The Bertz CT molecular complexity index is 1530. The first-order chi connectivity index (χ1) is 17.9. The van der Waals surface area contributed by atoms with Crippen molar-refractivity contribution < 1.29 is 13.9 Å². The number of hydrogen-bond donors (Lipinski definition) is 2. The number of rotatable bonds is 7. The van der Waals surface area contributed by atoms with E-state index in [1.165, 1.54) is 6.20 Å². The molecule has 3 aromatic heterocycles. The monoisotopic (exact) mass is 522 g/mol.